The molecule has 0 saturated heterocycles. The van der Waals surface area contributed by atoms with Gasteiger partial charge in [-0.05, 0) is 28.4 Å². The molecule has 0 spiro atoms. The molecule has 2 aromatic carbocycles. The summed E-state index contributed by atoms with van der Waals surface area (Å²) in [7, 11) is 0. The number of rotatable bonds is 3. The second kappa shape index (κ2) is 6.91. The van der Waals surface area contributed by atoms with Crippen molar-refractivity contribution in [2.75, 3.05) is 18.5 Å². The Morgan fingerprint density at radius 2 is 1.78 bits per heavy atom. The molecule has 1 aliphatic rings. The quantitative estimate of drug-likeness (QED) is 0.847. The first-order valence-electron chi connectivity index (χ1n) is 7.35. The molecular weight excluding hydrogens is 360 g/mol. The Hall–Kier alpha value is -2.21. The fraction of sp³-hybridized carbons (Fsp3) is 0.235. The standard InChI is InChI=1S/C17H17BrN2O3/c1-11(12-5-3-2-4-6-12)19-17(21)20-14-10-16-15(9-13(14)18)22-7-8-23-16/h2-6,9-11H,7-8H2,1H3,(H2,19,20,21)/t11-/m1/s1. The van der Waals surface area contributed by atoms with Gasteiger partial charge in [0.15, 0.2) is 11.5 Å². The molecule has 0 fully saturated rings. The number of fused-ring (bicyclic) bond motifs is 1. The van der Waals surface area contributed by atoms with E-state index in [9.17, 15) is 4.79 Å². The number of amides is 2. The molecule has 23 heavy (non-hydrogen) atoms. The van der Waals surface area contributed by atoms with Crippen LogP contribution in [0.3, 0.4) is 0 Å². The van der Waals surface area contributed by atoms with Crippen LogP contribution in [0.15, 0.2) is 46.9 Å². The highest BCUT2D eigenvalue weighted by molar-refractivity contribution is 9.10. The van der Waals surface area contributed by atoms with E-state index < -0.39 is 0 Å². The molecule has 3 rings (SSSR count). The summed E-state index contributed by atoms with van der Waals surface area (Å²) in [6, 6.07) is 13.0. The maximum atomic E-state index is 12.2. The topological polar surface area (TPSA) is 59.6 Å². The van der Waals surface area contributed by atoms with E-state index in [0.717, 1.165) is 10.0 Å². The van der Waals surface area contributed by atoms with Crippen LogP contribution in [0.2, 0.25) is 0 Å². The monoisotopic (exact) mass is 376 g/mol. The molecule has 0 radical (unpaired) electrons. The van der Waals surface area contributed by atoms with Gasteiger partial charge in [-0.1, -0.05) is 30.3 Å². The Labute approximate surface area is 143 Å². The summed E-state index contributed by atoms with van der Waals surface area (Å²) in [4.78, 5) is 12.2. The number of ether oxygens (including phenoxy) is 2. The van der Waals surface area contributed by atoms with E-state index in [0.29, 0.717) is 30.4 Å². The molecule has 0 saturated carbocycles. The van der Waals surface area contributed by atoms with Crippen molar-refractivity contribution in [3.8, 4) is 11.5 Å². The predicted molar refractivity (Wildman–Crippen MR) is 92.1 cm³/mol. The molecule has 2 amide bonds. The Kier molecular flexibility index (Phi) is 4.71. The van der Waals surface area contributed by atoms with Gasteiger partial charge in [0.25, 0.3) is 0 Å². The summed E-state index contributed by atoms with van der Waals surface area (Å²) in [5, 5.41) is 5.74. The Bertz CT molecular complexity index is 706. The van der Waals surface area contributed by atoms with Crippen LogP contribution in [0, 0.1) is 0 Å². The molecule has 0 aromatic heterocycles. The normalized spacial score (nSPS) is 14.0. The summed E-state index contributed by atoms with van der Waals surface area (Å²) in [6.07, 6.45) is 0. The van der Waals surface area contributed by atoms with Crippen LogP contribution in [0.1, 0.15) is 18.5 Å². The number of hydrogen-bond donors (Lipinski definition) is 2. The van der Waals surface area contributed by atoms with E-state index in [1.165, 1.54) is 0 Å². The Morgan fingerprint density at radius 1 is 1.13 bits per heavy atom. The molecule has 2 N–H and O–H groups in total. The average Bonchev–Trinajstić information content (AvgIpc) is 2.56. The molecule has 1 atom stereocenters. The molecule has 2 aromatic rings. The first kappa shape index (κ1) is 15.7. The zero-order valence-corrected chi connectivity index (χ0v) is 14.2. The second-order valence-corrected chi connectivity index (χ2v) is 6.06. The zero-order valence-electron chi connectivity index (χ0n) is 12.6. The van der Waals surface area contributed by atoms with Gasteiger partial charge in [0.2, 0.25) is 0 Å². The van der Waals surface area contributed by atoms with E-state index in [4.69, 9.17) is 9.47 Å². The number of carbonyl (C=O) groups is 1. The number of hydrogen-bond acceptors (Lipinski definition) is 3. The molecule has 0 unspecified atom stereocenters. The number of urea groups is 1. The van der Waals surface area contributed by atoms with Crippen LogP contribution in [-0.2, 0) is 0 Å². The summed E-state index contributed by atoms with van der Waals surface area (Å²) in [5.41, 5.74) is 1.68. The third kappa shape index (κ3) is 3.76. The lowest BCUT2D eigenvalue weighted by atomic mass is 10.1. The number of halogens is 1. The van der Waals surface area contributed by atoms with Crippen LogP contribution >= 0.6 is 15.9 Å². The van der Waals surface area contributed by atoms with Crippen molar-refractivity contribution in [2.24, 2.45) is 0 Å². The summed E-state index contributed by atoms with van der Waals surface area (Å²) < 4.78 is 11.8. The van der Waals surface area contributed by atoms with Crippen molar-refractivity contribution in [1.29, 1.82) is 0 Å². The molecule has 1 heterocycles. The molecule has 5 nitrogen and oxygen atoms in total. The smallest absolute Gasteiger partial charge is 0.319 e. The van der Waals surface area contributed by atoms with Crippen molar-refractivity contribution >= 4 is 27.6 Å². The second-order valence-electron chi connectivity index (χ2n) is 5.21. The van der Waals surface area contributed by atoms with E-state index in [-0.39, 0.29) is 12.1 Å². The lowest BCUT2D eigenvalue weighted by Gasteiger charge is -2.20. The fourth-order valence-corrected chi connectivity index (χ4v) is 2.76. The first-order chi connectivity index (χ1) is 11.1. The third-order valence-corrected chi connectivity index (χ3v) is 4.18. The Balaban J connectivity index is 1.68. The van der Waals surface area contributed by atoms with Crippen molar-refractivity contribution in [1.82, 2.24) is 5.32 Å². The van der Waals surface area contributed by atoms with Crippen molar-refractivity contribution in [3.63, 3.8) is 0 Å². The van der Waals surface area contributed by atoms with Gasteiger partial charge in [-0.2, -0.15) is 0 Å². The van der Waals surface area contributed by atoms with Crippen molar-refractivity contribution < 1.29 is 14.3 Å². The largest absolute Gasteiger partial charge is 0.486 e. The van der Waals surface area contributed by atoms with Gasteiger partial charge >= 0.3 is 6.03 Å². The van der Waals surface area contributed by atoms with E-state index in [1.54, 1.807) is 12.1 Å². The molecule has 0 bridgehead atoms. The lowest BCUT2D eigenvalue weighted by molar-refractivity contribution is 0.171. The van der Waals surface area contributed by atoms with Gasteiger partial charge in [0.1, 0.15) is 13.2 Å². The van der Waals surface area contributed by atoms with E-state index >= 15 is 0 Å². The van der Waals surface area contributed by atoms with Gasteiger partial charge in [0, 0.05) is 16.6 Å². The van der Waals surface area contributed by atoms with Crippen LogP contribution < -0.4 is 20.1 Å². The minimum absolute atomic E-state index is 0.0906. The number of anilines is 1. The fourth-order valence-electron chi connectivity index (χ4n) is 2.34. The number of benzene rings is 2. The summed E-state index contributed by atoms with van der Waals surface area (Å²) in [6.45, 7) is 2.97. The highest BCUT2D eigenvalue weighted by atomic mass is 79.9. The average molecular weight is 377 g/mol. The van der Waals surface area contributed by atoms with Gasteiger partial charge in [-0.3, -0.25) is 0 Å². The highest BCUT2D eigenvalue weighted by Gasteiger charge is 2.17. The molecule has 6 heteroatoms. The van der Waals surface area contributed by atoms with Crippen LogP contribution in [0.5, 0.6) is 11.5 Å². The molecular formula is C17H17BrN2O3. The maximum Gasteiger partial charge on any atom is 0.319 e. The highest BCUT2D eigenvalue weighted by Crippen LogP contribution is 2.38. The van der Waals surface area contributed by atoms with Gasteiger partial charge in [-0.15, -0.1) is 0 Å². The third-order valence-electron chi connectivity index (χ3n) is 3.53. The van der Waals surface area contributed by atoms with Crippen LogP contribution in [0.25, 0.3) is 0 Å². The van der Waals surface area contributed by atoms with Gasteiger partial charge < -0.3 is 20.1 Å². The van der Waals surface area contributed by atoms with E-state index in [1.807, 2.05) is 37.3 Å². The van der Waals surface area contributed by atoms with Crippen molar-refractivity contribution in [2.45, 2.75) is 13.0 Å². The molecule has 120 valence electrons. The van der Waals surface area contributed by atoms with Gasteiger partial charge in [-0.25, -0.2) is 4.79 Å². The predicted octanol–water partition coefficient (Wildman–Crippen LogP) is 4.10. The zero-order chi connectivity index (χ0) is 16.2. The maximum absolute atomic E-state index is 12.2. The van der Waals surface area contributed by atoms with Crippen LogP contribution in [0.4, 0.5) is 10.5 Å². The summed E-state index contributed by atoms with van der Waals surface area (Å²) >= 11 is 3.44. The first-order valence-corrected chi connectivity index (χ1v) is 8.14. The summed E-state index contributed by atoms with van der Waals surface area (Å²) in [5.74, 6) is 1.30. The Morgan fingerprint density at radius 3 is 2.48 bits per heavy atom. The van der Waals surface area contributed by atoms with Crippen molar-refractivity contribution in [3.05, 3.63) is 52.5 Å². The lowest BCUT2D eigenvalue weighted by Crippen LogP contribution is -2.31. The molecule has 1 aliphatic heterocycles. The van der Waals surface area contributed by atoms with Gasteiger partial charge in [0.05, 0.1) is 11.7 Å². The minimum atomic E-state index is -0.279. The minimum Gasteiger partial charge on any atom is -0.486 e. The SMILES string of the molecule is C[C@@H](NC(=O)Nc1cc2c(cc1Br)OCCO2)c1ccccc1. The number of nitrogens with one attached hydrogen (secondary N) is 2. The molecule has 0 aliphatic carbocycles. The van der Waals surface area contributed by atoms with E-state index in [2.05, 4.69) is 26.6 Å². The number of carbonyl (C=O) groups excluding carboxylic acids is 1. The van der Waals surface area contributed by atoms with Crippen LogP contribution in [-0.4, -0.2) is 19.2 Å².